The summed E-state index contributed by atoms with van der Waals surface area (Å²) in [5.41, 5.74) is 3.09. The topological polar surface area (TPSA) is 87.7 Å². The lowest BCUT2D eigenvalue weighted by atomic mass is 10.1. The van der Waals surface area contributed by atoms with Crippen molar-refractivity contribution in [3.8, 4) is 0 Å². The number of hydrogen-bond acceptors (Lipinski definition) is 5. The van der Waals surface area contributed by atoms with E-state index < -0.39 is 24.5 Å². The summed E-state index contributed by atoms with van der Waals surface area (Å²) in [7, 11) is 0. The fraction of sp³-hybridized carbons (Fsp3) is 0.375. The van der Waals surface area contributed by atoms with Gasteiger partial charge in [-0.25, -0.2) is 4.79 Å². The maximum Gasteiger partial charge on any atom is 0.328 e. The number of aryl methyl sites for hydroxylation is 1. The molecule has 2 N–H and O–H groups in total. The molecule has 0 saturated carbocycles. The van der Waals surface area contributed by atoms with Crippen molar-refractivity contribution in [3.63, 3.8) is 0 Å². The Kier molecular flexibility index (Phi) is 8.61. The SMILES string of the molecule is CCN(c1ccc(NC(=O)COC(=O)[C@H](C)NC(=O)c2cccc(C)c2)cc1)C(C)C. The average molecular weight is 426 g/mol. The molecule has 0 aliphatic carbocycles. The highest BCUT2D eigenvalue weighted by atomic mass is 16.5. The Hall–Kier alpha value is -3.35. The van der Waals surface area contributed by atoms with Crippen molar-refractivity contribution < 1.29 is 19.1 Å². The maximum absolute atomic E-state index is 12.2. The number of benzene rings is 2. The number of carbonyl (C=O) groups excluding carboxylic acids is 3. The summed E-state index contributed by atoms with van der Waals surface area (Å²) in [5, 5.41) is 5.28. The van der Waals surface area contributed by atoms with Crippen molar-refractivity contribution in [3.05, 3.63) is 59.7 Å². The monoisotopic (exact) mass is 425 g/mol. The number of rotatable bonds is 9. The molecular weight excluding hydrogens is 394 g/mol. The van der Waals surface area contributed by atoms with Gasteiger partial charge in [-0.05, 0) is 71.0 Å². The van der Waals surface area contributed by atoms with Gasteiger partial charge in [0, 0.05) is 29.5 Å². The van der Waals surface area contributed by atoms with Gasteiger partial charge in [-0.1, -0.05) is 17.7 Å². The van der Waals surface area contributed by atoms with E-state index in [1.807, 2.05) is 37.3 Å². The Morgan fingerprint density at radius 1 is 1.03 bits per heavy atom. The smallest absolute Gasteiger partial charge is 0.328 e. The molecule has 0 saturated heterocycles. The van der Waals surface area contributed by atoms with Crippen LogP contribution in [0.5, 0.6) is 0 Å². The van der Waals surface area contributed by atoms with Crippen LogP contribution in [-0.4, -0.2) is 43.0 Å². The standard InChI is InChI=1S/C24H31N3O4/c1-6-27(16(2)3)21-12-10-20(11-13-21)26-22(28)15-31-24(30)18(5)25-23(29)19-9-7-8-17(4)14-19/h7-14,16,18H,6,15H2,1-5H3,(H,25,29)(H,26,28)/t18-/m0/s1. The largest absolute Gasteiger partial charge is 0.454 e. The van der Waals surface area contributed by atoms with Gasteiger partial charge in [0.25, 0.3) is 11.8 Å². The Morgan fingerprint density at radius 3 is 2.29 bits per heavy atom. The van der Waals surface area contributed by atoms with E-state index in [9.17, 15) is 14.4 Å². The van der Waals surface area contributed by atoms with E-state index in [1.54, 1.807) is 18.2 Å². The van der Waals surface area contributed by atoms with Crippen molar-refractivity contribution in [1.29, 1.82) is 0 Å². The molecular formula is C24H31N3O4. The third-order valence-corrected chi connectivity index (χ3v) is 4.77. The number of nitrogens with one attached hydrogen (secondary N) is 2. The number of carbonyl (C=O) groups is 3. The Labute approximate surface area is 183 Å². The van der Waals surface area contributed by atoms with Crippen LogP contribution in [0.25, 0.3) is 0 Å². The summed E-state index contributed by atoms with van der Waals surface area (Å²) < 4.78 is 5.04. The zero-order valence-electron chi connectivity index (χ0n) is 18.8. The van der Waals surface area contributed by atoms with Gasteiger partial charge >= 0.3 is 5.97 Å². The van der Waals surface area contributed by atoms with Crippen LogP contribution in [-0.2, 0) is 14.3 Å². The second-order valence-electron chi connectivity index (χ2n) is 7.65. The highest BCUT2D eigenvalue weighted by Gasteiger charge is 2.19. The number of nitrogens with zero attached hydrogens (tertiary/aromatic N) is 1. The second kappa shape index (κ2) is 11.2. The highest BCUT2D eigenvalue weighted by molar-refractivity contribution is 5.97. The molecule has 7 heteroatoms. The van der Waals surface area contributed by atoms with Gasteiger partial charge in [0.15, 0.2) is 6.61 Å². The summed E-state index contributed by atoms with van der Waals surface area (Å²) in [4.78, 5) is 38.7. The lowest BCUT2D eigenvalue weighted by Crippen LogP contribution is -2.40. The fourth-order valence-corrected chi connectivity index (χ4v) is 3.17. The van der Waals surface area contributed by atoms with E-state index in [2.05, 4.69) is 36.3 Å². The van der Waals surface area contributed by atoms with Gasteiger partial charge in [0.1, 0.15) is 6.04 Å². The van der Waals surface area contributed by atoms with E-state index in [0.29, 0.717) is 17.3 Å². The molecule has 0 fully saturated rings. The molecule has 0 aliphatic rings. The van der Waals surface area contributed by atoms with Gasteiger partial charge in [-0.15, -0.1) is 0 Å². The maximum atomic E-state index is 12.2. The average Bonchev–Trinajstić information content (AvgIpc) is 2.73. The first kappa shape index (κ1) is 23.9. The normalized spacial score (nSPS) is 11.5. The molecule has 31 heavy (non-hydrogen) atoms. The number of amides is 2. The van der Waals surface area contributed by atoms with Crippen molar-refractivity contribution in [2.75, 3.05) is 23.4 Å². The molecule has 2 aromatic carbocycles. The summed E-state index contributed by atoms with van der Waals surface area (Å²) >= 11 is 0. The first-order valence-electron chi connectivity index (χ1n) is 10.4. The second-order valence-corrected chi connectivity index (χ2v) is 7.65. The Balaban J connectivity index is 1.82. The molecule has 1 atom stereocenters. The van der Waals surface area contributed by atoms with E-state index in [-0.39, 0.29) is 5.91 Å². The Bertz CT molecular complexity index is 909. The summed E-state index contributed by atoms with van der Waals surface area (Å²) in [6.07, 6.45) is 0. The molecule has 2 aromatic rings. The van der Waals surface area contributed by atoms with E-state index in [4.69, 9.17) is 4.74 Å². The van der Waals surface area contributed by atoms with E-state index in [0.717, 1.165) is 17.8 Å². The molecule has 0 bridgehead atoms. The minimum absolute atomic E-state index is 0.373. The third-order valence-electron chi connectivity index (χ3n) is 4.77. The minimum Gasteiger partial charge on any atom is -0.454 e. The summed E-state index contributed by atoms with van der Waals surface area (Å²) in [6.45, 7) is 10.2. The van der Waals surface area contributed by atoms with Gasteiger partial charge in [0.05, 0.1) is 0 Å². The number of ether oxygens (including phenoxy) is 1. The number of esters is 1. The highest BCUT2D eigenvalue weighted by Crippen LogP contribution is 2.19. The van der Waals surface area contributed by atoms with Crippen LogP contribution in [0.4, 0.5) is 11.4 Å². The molecule has 0 unspecified atom stereocenters. The predicted molar refractivity (Wildman–Crippen MR) is 122 cm³/mol. The lowest BCUT2D eigenvalue weighted by Gasteiger charge is -2.27. The molecule has 7 nitrogen and oxygen atoms in total. The molecule has 166 valence electrons. The molecule has 0 heterocycles. The fourth-order valence-electron chi connectivity index (χ4n) is 3.17. The van der Waals surface area contributed by atoms with Gasteiger partial charge in [0.2, 0.25) is 0 Å². The summed E-state index contributed by atoms with van der Waals surface area (Å²) in [5.74, 6) is -1.50. The molecule has 0 aromatic heterocycles. The predicted octanol–water partition coefficient (Wildman–Crippen LogP) is 3.53. The van der Waals surface area contributed by atoms with Crippen molar-refractivity contribution in [1.82, 2.24) is 5.32 Å². The molecule has 2 rings (SSSR count). The molecule has 0 aliphatic heterocycles. The molecule has 0 radical (unpaired) electrons. The first-order valence-corrected chi connectivity index (χ1v) is 10.4. The number of hydrogen-bond donors (Lipinski definition) is 2. The van der Waals surface area contributed by atoms with Crippen LogP contribution >= 0.6 is 0 Å². The van der Waals surface area contributed by atoms with Crippen LogP contribution in [0.1, 0.15) is 43.6 Å². The first-order chi connectivity index (χ1) is 14.7. The van der Waals surface area contributed by atoms with Crippen LogP contribution in [0, 0.1) is 6.92 Å². The van der Waals surface area contributed by atoms with Crippen molar-refractivity contribution in [2.45, 2.75) is 46.7 Å². The van der Waals surface area contributed by atoms with E-state index in [1.165, 1.54) is 6.92 Å². The van der Waals surface area contributed by atoms with Crippen LogP contribution in [0.15, 0.2) is 48.5 Å². The van der Waals surface area contributed by atoms with E-state index >= 15 is 0 Å². The molecule has 0 spiro atoms. The van der Waals surface area contributed by atoms with Gasteiger partial charge in [-0.3, -0.25) is 9.59 Å². The third kappa shape index (κ3) is 7.13. The summed E-state index contributed by atoms with van der Waals surface area (Å²) in [6, 6.07) is 14.0. The van der Waals surface area contributed by atoms with Crippen molar-refractivity contribution in [2.24, 2.45) is 0 Å². The van der Waals surface area contributed by atoms with Gasteiger partial charge < -0.3 is 20.3 Å². The lowest BCUT2D eigenvalue weighted by molar-refractivity contribution is -0.148. The van der Waals surface area contributed by atoms with Crippen molar-refractivity contribution >= 4 is 29.2 Å². The zero-order chi connectivity index (χ0) is 23.0. The molecule has 2 amide bonds. The van der Waals surface area contributed by atoms with Gasteiger partial charge in [-0.2, -0.15) is 0 Å². The number of anilines is 2. The van der Waals surface area contributed by atoms with Crippen LogP contribution < -0.4 is 15.5 Å². The minimum atomic E-state index is -0.879. The quantitative estimate of drug-likeness (QED) is 0.600. The van der Waals surface area contributed by atoms with Crippen LogP contribution in [0.3, 0.4) is 0 Å². The zero-order valence-corrected chi connectivity index (χ0v) is 18.8. The van der Waals surface area contributed by atoms with Crippen LogP contribution in [0.2, 0.25) is 0 Å². The Morgan fingerprint density at radius 2 is 1.71 bits per heavy atom.